The molecule has 2 fully saturated rings. The maximum atomic E-state index is 11.2. The van der Waals surface area contributed by atoms with Gasteiger partial charge in [0.2, 0.25) is 0 Å². The molecule has 0 aliphatic carbocycles. The third kappa shape index (κ3) is 3.17. The third-order valence-electron chi connectivity index (χ3n) is 2.58. The van der Waals surface area contributed by atoms with Crippen molar-refractivity contribution >= 4 is 14.5 Å². The molecule has 0 saturated carbocycles. The van der Waals surface area contributed by atoms with Gasteiger partial charge in [-0.1, -0.05) is 0 Å². The maximum Gasteiger partial charge on any atom is 0.509 e. The van der Waals surface area contributed by atoms with Crippen molar-refractivity contribution in [2.24, 2.45) is 0 Å². The lowest BCUT2D eigenvalue weighted by atomic mass is 10.1. The first kappa shape index (κ1) is 13.2. The largest absolute Gasteiger partial charge is 0.509 e. The summed E-state index contributed by atoms with van der Waals surface area (Å²) in [6, 6.07) is 0. The Labute approximate surface area is 107 Å². The molecule has 0 amide bonds. The number of cyclic esters (lactones) is 2. The van der Waals surface area contributed by atoms with Gasteiger partial charge in [-0.25, -0.2) is 4.79 Å². The summed E-state index contributed by atoms with van der Waals surface area (Å²) in [6.07, 6.45) is -2.03. The molecule has 2 heterocycles. The standard InChI is InChI=1S/C11H18O6Si/c1-7-13-5-8(15-7)10-9(16-11(12)17-10)6-14-18(2,3)4/h8-10H,1,5-6H2,2-4H3. The van der Waals surface area contributed by atoms with Crippen molar-refractivity contribution in [2.45, 2.75) is 38.0 Å². The Kier molecular flexibility index (Phi) is 3.53. The fourth-order valence-electron chi connectivity index (χ4n) is 1.76. The van der Waals surface area contributed by atoms with E-state index in [-0.39, 0.29) is 12.0 Å². The minimum atomic E-state index is -1.67. The molecule has 3 atom stereocenters. The van der Waals surface area contributed by atoms with Gasteiger partial charge in [0, 0.05) is 0 Å². The summed E-state index contributed by atoms with van der Waals surface area (Å²) >= 11 is 0. The van der Waals surface area contributed by atoms with Gasteiger partial charge >= 0.3 is 6.16 Å². The van der Waals surface area contributed by atoms with Crippen LogP contribution in [0.5, 0.6) is 0 Å². The summed E-state index contributed by atoms with van der Waals surface area (Å²) in [5.41, 5.74) is 0. The summed E-state index contributed by atoms with van der Waals surface area (Å²) in [4.78, 5) is 11.2. The number of hydrogen-bond donors (Lipinski definition) is 0. The van der Waals surface area contributed by atoms with E-state index < -0.39 is 26.7 Å². The lowest BCUT2D eigenvalue weighted by Gasteiger charge is -2.23. The zero-order chi connectivity index (χ0) is 13.3. The first-order valence-electron chi connectivity index (χ1n) is 5.85. The molecule has 18 heavy (non-hydrogen) atoms. The Morgan fingerprint density at radius 2 is 2.06 bits per heavy atom. The van der Waals surface area contributed by atoms with Crippen LogP contribution in [-0.4, -0.2) is 46.0 Å². The topological polar surface area (TPSA) is 63.2 Å². The predicted octanol–water partition coefficient (Wildman–Crippen LogP) is 1.63. The Hall–Kier alpha value is -1.21. The Morgan fingerprint density at radius 1 is 1.33 bits per heavy atom. The fraction of sp³-hybridized carbons (Fsp3) is 0.727. The van der Waals surface area contributed by atoms with Crippen LogP contribution >= 0.6 is 0 Å². The molecule has 0 spiro atoms. The van der Waals surface area contributed by atoms with E-state index >= 15 is 0 Å². The molecule has 0 bridgehead atoms. The van der Waals surface area contributed by atoms with E-state index in [1.54, 1.807) is 0 Å². The van der Waals surface area contributed by atoms with Gasteiger partial charge in [0.15, 0.2) is 26.6 Å². The lowest BCUT2D eigenvalue weighted by molar-refractivity contribution is 0.00710. The van der Waals surface area contributed by atoms with Crippen LogP contribution in [0.2, 0.25) is 19.6 Å². The van der Waals surface area contributed by atoms with Gasteiger partial charge in [0.1, 0.15) is 6.61 Å². The van der Waals surface area contributed by atoms with Gasteiger partial charge in [-0.2, -0.15) is 0 Å². The molecular weight excluding hydrogens is 256 g/mol. The SMILES string of the molecule is C=C1OCC(C2OC(=O)OC2CO[Si](C)(C)C)O1. The van der Waals surface area contributed by atoms with Crippen LogP contribution in [0, 0.1) is 0 Å². The predicted molar refractivity (Wildman–Crippen MR) is 64.4 cm³/mol. The summed E-state index contributed by atoms with van der Waals surface area (Å²) in [7, 11) is -1.67. The Balaban J connectivity index is 1.95. The van der Waals surface area contributed by atoms with E-state index in [9.17, 15) is 4.79 Å². The monoisotopic (exact) mass is 274 g/mol. The second-order valence-electron chi connectivity index (χ2n) is 5.25. The number of ether oxygens (including phenoxy) is 4. The van der Waals surface area contributed by atoms with Gasteiger partial charge in [0.05, 0.1) is 6.61 Å². The zero-order valence-electron chi connectivity index (χ0n) is 10.8. The van der Waals surface area contributed by atoms with Crippen molar-refractivity contribution in [1.82, 2.24) is 0 Å². The first-order valence-corrected chi connectivity index (χ1v) is 9.25. The van der Waals surface area contributed by atoms with Crippen molar-refractivity contribution in [3.8, 4) is 0 Å². The van der Waals surface area contributed by atoms with Gasteiger partial charge in [0.25, 0.3) is 5.95 Å². The van der Waals surface area contributed by atoms with Gasteiger partial charge in [-0.15, -0.1) is 0 Å². The van der Waals surface area contributed by atoms with Crippen molar-refractivity contribution in [3.05, 3.63) is 12.5 Å². The minimum Gasteiger partial charge on any atom is -0.462 e. The van der Waals surface area contributed by atoms with Crippen LogP contribution in [0.3, 0.4) is 0 Å². The highest BCUT2D eigenvalue weighted by atomic mass is 28.4. The van der Waals surface area contributed by atoms with Crippen LogP contribution in [0.4, 0.5) is 4.79 Å². The highest BCUT2D eigenvalue weighted by Crippen LogP contribution is 2.26. The molecule has 0 radical (unpaired) electrons. The van der Waals surface area contributed by atoms with E-state index in [1.165, 1.54) is 0 Å². The molecule has 0 aromatic rings. The second kappa shape index (κ2) is 4.81. The molecule has 102 valence electrons. The maximum absolute atomic E-state index is 11.2. The van der Waals surface area contributed by atoms with E-state index in [1.807, 2.05) is 0 Å². The molecule has 6 nitrogen and oxygen atoms in total. The fourth-order valence-corrected chi connectivity index (χ4v) is 2.42. The van der Waals surface area contributed by atoms with E-state index in [0.29, 0.717) is 13.2 Å². The lowest BCUT2D eigenvalue weighted by Crippen LogP contribution is -2.41. The second-order valence-corrected chi connectivity index (χ2v) is 9.76. The normalized spacial score (nSPS) is 31.6. The number of carbonyl (C=O) groups excluding carboxylic acids is 1. The minimum absolute atomic E-state index is 0.243. The van der Waals surface area contributed by atoms with Crippen LogP contribution in [-0.2, 0) is 23.4 Å². The molecule has 0 aromatic heterocycles. The van der Waals surface area contributed by atoms with Gasteiger partial charge in [-0.3, -0.25) is 0 Å². The van der Waals surface area contributed by atoms with Crippen LogP contribution in [0.1, 0.15) is 0 Å². The number of hydrogen-bond acceptors (Lipinski definition) is 6. The molecule has 2 saturated heterocycles. The summed E-state index contributed by atoms with van der Waals surface area (Å²) in [5, 5.41) is 0. The first-order chi connectivity index (χ1) is 8.35. The summed E-state index contributed by atoms with van der Waals surface area (Å²) in [5.74, 6) is 0.243. The number of carbonyl (C=O) groups is 1. The van der Waals surface area contributed by atoms with Crippen molar-refractivity contribution in [1.29, 1.82) is 0 Å². The molecule has 2 aliphatic heterocycles. The highest BCUT2D eigenvalue weighted by Gasteiger charge is 2.46. The average Bonchev–Trinajstić information content (AvgIpc) is 2.80. The molecular formula is C11H18O6Si. The quantitative estimate of drug-likeness (QED) is 0.573. The summed E-state index contributed by atoms with van der Waals surface area (Å²) in [6.45, 7) is 10.4. The molecule has 2 aliphatic rings. The Morgan fingerprint density at radius 3 is 2.61 bits per heavy atom. The van der Waals surface area contributed by atoms with Crippen molar-refractivity contribution in [3.63, 3.8) is 0 Å². The summed E-state index contributed by atoms with van der Waals surface area (Å²) < 4.78 is 26.4. The van der Waals surface area contributed by atoms with E-state index in [0.717, 1.165) is 0 Å². The third-order valence-corrected chi connectivity index (χ3v) is 3.62. The van der Waals surface area contributed by atoms with Crippen LogP contribution in [0.15, 0.2) is 12.5 Å². The zero-order valence-corrected chi connectivity index (χ0v) is 11.8. The molecule has 3 unspecified atom stereocenters. The van der Waals surface area contributed by atoms with Crippen LogP contribution in [0.25, 0.3) is 0 Å². The van der Waals surface area contributed by atoms with Crippen molar-refractivity contribution in [2.75, 3.05) is 13.2 Å². The van der Waals surface area contributed by atoms with Crippen LogP contribution < -0.4 is 0 Å². The Bertz CT molecular complexity index is 350. The van der Waals surface area contributed by atoms with Crippen molar-refractivity contribution < 1.29 is 28.2 Å². The van der Waals surface area contributed by atoms with Gasteiger partial charge in [-0.05, 0) is 26.2 Å². The molecule has 7 heteroatoms. The number of rotatable bonds is 4. The molecule has 0 aromatic carbocycles. The highest BCUT2D eigenvalue weighted by molar-refractivity contribution is 6.69. The van der Waals surface area contributed by atoms with E-state index in [4.69, 9.17) is 23.4 Å². The molecule has 2 rings (SSSR count). The van der Waals surface area contributed by atoms with E-state index in [2.05, 4.69) is 26.2 Å². The van der Waals surface area contributed by atoms with Gasteiger partial charge < -0.3 is 23.4 Å². The molecule has 0 N–H and O–H groups in total. The smallest absolute Gasteiger partial charge is 0.462 e. The average molecular weight is 274 g/mol.